The Labute approximate surface area is 175 Å². The number of aryl methyl sites for hydroxylation is 1. The fourth-order valence-electron chi connectivity index (χ4n) is 2.60. The molecule has 1 aromatic heterocycles. The van der Waals surface area contributed by atoms with E-state index in [-0.39, 0.29) is 34.9 Å². The second-order valence-electron chi connectivity index (χ2n) is 7.00. The number of rotatable bonds is 8. The molecule has 0 fully saturated rings. The molecule has 3 N–H and O–H groups in total. The maximum Gasteiger partial charge on any atom is 0.272 e. The highest BCUT2D eigenvalue weighted by Gasteiger charge is 2.22. The van der Waals surface area contributed by atoms with Gasteiger partial charge in [-0.2, -0.15) is 0 Å². The molecule has 2 rings (SSSR count). The summed E-state index contributed by atoms with van der Waals surface area (Å²) >= 11 is 0. The minimum Gasteiger partial charge on any atom is -0.505 e. The number of furan rings is 1. The second kappa shape index (κ2) is 9.64. The number of nitrogens with one attached hydrogen (secondary N) is 2. The van der Waals surface area contributed by atoms with Crippen molar-refractivity contribution in [2.45, 2.75) is 13.5 Å². The predicted molar refractivity (Wildman–Crippen MR) is 112 cm³/mol. The van der Waals surface area contributed by atoms with E-state index in [4.69, 9.17) is 4.42 Å². The van der Waals surface area contributed by atoms with E-state index in [1.54, 1.807) is 39.2 Å². The molecule has 1 heterocycles. The van der Waals surface area contributed by atoms with E-state index < -0.39 is 11.8 Å². The van der Waals surface area contributed by atoms with Gasteiger partial charge >= 0.3 is 0 Å². The molecule has 0 saturated heterocycles. The van der Waals surface area contributed by atoms with E-state index >= 15 is 0 Å². The Bertz CT molecular complexity index is 976. The number of phenols is 1. The van der Waals surface area contributed by atoms with Crippen LogP contribution in [0.3, 0.4) is 0 Å². The number of aldehydes is 1. The minimum atomic E-state index is -0.496. The van der Waals surface area contributed by atoms with Crippen molar-refractivity contribution in [1.29, 1.82) is 0 Å². The van der Waals surface area contributed by atoms with E-state index in [2.05, 4.69) is 10.6 Å². The molecule has 0 bridgehead atoms. The van der Waals surface area contributed by atoms with Crippen molar-refractivity contribution in [3.63, 3.8) is 0 Å². The van der Waals surface area contributed by atoms with Gasteiger partial charge in [0.05, 0.1) is 17.8 Å². The van der Waals surface area contributed by atoms with Crippen molar-refractivity contribution in [3.8, 4) is 5.75 Å². The van der Waals surface area contributed by atoms with Crippen LogP contribution in [0, 0.1) is 6.92 Å². The highest BCUT2D eigenvalue weighted by molar-refractivity contribution is 6.03. The van der Waals surface area contributed by atoms with Gasteiger partial charge in [0.2, 0.25) is 0 Å². The number of nitrogens with zero attached hydrogens (tertiary/aromatic N) is 2. The number of para-hydroxylation sites is 1. The third kappa shape index (κ3) is 5.19. The Morgan fingerprint density at radius 3 is 2.33 bits per heavy atom. The van der Waals surface area contributed by atoms with Crippen LogP contribution in [0.5, 0.6) is 5.75 Å². The summed E-state index contributed by atoms with van der Waals surface area (Å²) in [6.45, 7) is 1.98. The molecule has 0 aliphatic rings. The molecule has 0 aliphatic carbocycles. The fourth-order valence-corrected chi connectivity index (χ4v) is 2.60. The molecule has 1 aromatic carbocycles. The van der Waals surface area contributed by atoms with Gasteiger partial charge in [0.1, 0.15) is 22.9 Å². The van der Waals surface area contributed by atoms with Gasteiger partial charge in [-0.1, -0.05) is 6.07 Å². The van der Waals surface area contributed by atoms with Gasteiger partial charge in [-0.3, -0.25) is 14.4 Å². The molecule has 2 amide bonds. The molecular weight excluding hydrogens is 388 g/mol. The lowest BCUT2D eigenvalue weighted by molar-refractivity contribution is -0.124. The van der Waals surface area contributed by atoms with Crippen LogP contribution in [0.4, 0.5) is 5.69 Å². The van der Waals surface area contributed by atoms with Crippen molar-refractivity contribution >= 4 is 23.8 Å². The molecule has 0 radical (unpaired) electrons. The average Bonchev–Trinajstić information content (AvgIpc) is 3.12. The molecular formula is C21H26N4O5. The van der Waals surface area contributed by atoms with E-state index in [9.17, 15) is 19.5 Å². The Kier molecular flexibility index (Phi) is 7.24. The van der Waals surface area contributed by atoms with E-state index in [0.29, 0.717) is 12.0 Å². The zero-order chi connectivity index (χ0) is 22.4. The zero-order valence-electron chi connectivity index (χ0n) is 17.6. The molecule has 9 heteroatoms. The maximum absolute atomic E-state index is 12.7. The van der Waals surface area contributed by atoms with Crippen LogP contribution >= 0.6 is 0 Å². The monoisotopic (exact) mass is 414 g/mol. The summed E-state index contributed by atoms with van der Waals surface area (Å²) < 4.78 is 5.47. The molecule has 0 saturated carbocycles. The van der Waals surface area contributed by atoms with Crippen LogP contribution in [0.1, 0.15) is 21.9 Å². The van der Waals surface area contributed by atoms with Gasteiger partial charge in [0.15, 0.2) is 12.0 Å². The highest BCUT2D eigenvalue weighted by Crippen LogP contribution is 2.29. The van der Waals surface area contributed by atoms with E-state index in [1.165, 1.54) is 36.0 Å². The van der Waals surface area contributed by atoms with Gasteiger partial charge < -0.3 is 30.0 Å². The van der Waals surface area contributed by atoms with Gasteiger partial charge in [0, 0.05) is 28.2 Å². The van der Waals surface area contributed by atoms with Gasteiger partial charge in [-0.15, -0.1) is 0 Å². The van der Waals surface area contributed by atoms with Gasteiger partial charge in [-0.25, -0.2) is 0 Å². The first kappa shape index (κ1) is 22.5. The molecule has 30 heavy (non-hydrogen) atoms. The van der Waals surface area contributed by atoms with Crippen LogP contribution < -0.4 is 10.6 Å². The first-order valence-corrected chi connectivity index (χ1v) is 9.16. The number of allylic oxidation sites excluding steroid dienone is 1. The lowest BCUT2D eigenvalue weighted by Gasteiger charge is -2.20. The van der Waals surface area contributed by atoms with E-state index in [1.807, 2.05) is 0 Å². The number of carbonyl (C=O) groups excluding carboxylic acids is 3. The van der Waals surface area contributed by atoms with Crippen LogP contribution in [0.15, 0.2) is 46.1 Å². The third-order valence-corrected chi connectivity index (χ3v) is 4.19. The minimum absolute atomic E-state index is 0.0218. The van der Waals surface area contributed by atoms with Crippen molar-refractivity contribution in [2.75, 3.05) is 33.5 Å². The SMILES string of the molecule is Cc1ccc(CN/C(C=O)=C(\Nc2cccc(C(=O)N(C)C)c2O)C(=O)N(C)C)o1. The summed E-state index contributed by atoms with van der Waals surface area (Å²) in [5.74, 6) is 0.0852. The molecule has 0 aliphatic heterocycles. The molecule has 9 nitrogen and oxygen atoms in total. The number of hydrogen-bond acceptors (Lipinski definition) is 7. The Morgan fingerprint density at radius 2 is 1.80 bits per heavy atom. The van der Waals surface area contributed by atoms with Crippen molar-refractivity contribution in [1.82, 2.24) is 15.1 Å². The number of hydrogen-bond donors (Lipinski definition) is 3. The Balaban J connectivity index is 2.42. The Hall–Kier alpha value is -3.75. The van der Waals surface area contributed by atoms with Crippen LogP contribution in [-0.2, 0) is 16.1 Å². The molecule has 2 aromatic rings. The molecule has 0 unspecified atom stereocenters. The zero-order valence-corrected chi connectivity index (χ0v) is 17.6. The van der Waals surface area contributed by atoms with Gasteiger partial charge in [0.25, 0.3) is 11.8 Å². The van der Waals surface area contributed by atoms with Gasteiger partial charge in [-0.05, 0) is 31.2 Å². The lowest BCUT2D eigenvalue weighted by atomic mass is 10.1. The quantitative estimate of drug-likeness (QED) is 0.342. The summed E-state index contributed by atoms with van der Waals surface area (Å²) in [7, 11) is 6.20. The topological polar surface area (TPSA) is 115 Å². The number of benzene rings is 1. The first-order valence-electron chi connectivity index (χ1n) is 9.16. The largest absolute Gasteiger partial charge is 0.505 e. The third-order valence-electron chi connectivity index (χ3n) is 4.19. The second-order valence-corrected chi connectivity index (χ2v) is 7.00. The summed E-state index contributed by atoms with van der Waals surface area (Å²) in [5, 5.41) is 16.2. The fraction of sp³-hybridized carbons (Fsp3) is 0.286. The van der Waals surface area contributed by atoms with Crippen molar-refractivity contribution in [3.05, 3.63) is 58.8 Å². The number of phenolic OH excluding ortho intramolecular Hbond substituents is 1. The molecule has 160 valence electrons. The summed E-state index contributed by atoms with van der Waals surface area (Å²) in [6, 6.07) is 8.09. The lowest BCUT2D eigenvalue weighted by Crippen LogP contribution is -2.31. The predicted octanol–water partition coefficient (Wildman–Crippen LogP) is 1.70. The van der Waals surface area contributed by atoms with E-state index in [0.717, 1.165) is 5.76 Å². The Morgan fingerprint density at radius 1 is 1.10 bits per heavy atom. The average molecular weight is 414 g/mol. The maximum atomic E-state index is 12.7. The number of amides is 2. The number of carbonyl (C=O) groups is 3. The summed E-state index contributed by atoms with van der Waals surface area (Å²) in [4.78, 5) is 39.4. The van der Waals surface area contributed by atoms with Crippen LogP contribution in [0.2, 0.25) is 0 Å². The smallest absolute Gasteiger partial charge is 0.272 e. The summed E-state index contributed by atoms with van der Waals surface area (Å²) in [6.07, 6.45) is 0.505. The van der Waals surface area contributed by atoms with Crippen molar-refractivity contribution < 1.29 is 23.9 Å². The van der Waals surface area contributed by atoms with Crippen molar-refractivity contribution in [2.24, 2.45) is 0 Å². The molecule has 0 atom stereocenters. The first-order chi connectivity index (χ1) is 14.1. The highest BCUT2D eigenvalue weighted by atomic mass is 16.3. The number of anilines is 1. The number of likely N-dealkylation sites (N-methyl/N-ethyl adjacent to an activating group) is 1. The van der Waals surface area contributed by atoms with Crippen LogP contribution in [0.25, 0.3) is 0 Å². The van der Waals surface area contributed by atoms with Crippen LogP contribution in [-0.4, -0.2) is 61.2 Å². The normalized spacial score (nSPS) is 11.4. The standard InChI is InChI=1S/C21H26N4O5/c1-13-9-10-14(30-13)11-22-17(12-26)18(21(29)25(4)5)23-16-8-6-7-15(19(16)27)20(28)24(2)3/h6-10,12,22-23,27H,11H2,1-5H3/b18-17-. The summed E-state index contributed by atoms with van der Waals surface area (Å²) in [5.41, 5.74) is 0.0748. The molecule has 0 spiro atoms. The number of aromatic hydroxyl groups is 1.